The molecule has 2 N–H and O–H groups in total. The zero-order valence-electron chi connectivity index (χ0n) is 18.2. The summed E-state index contributed by atoms with van der Waals surface area (Å²) < 4.78 is 10.7. The SMILES string of the molecule is COc1c(Cc2cc(C(C)=O)c(O)c(C(C)=O)c2OC)cc(C(C)=O)c(O)c1C(C)=O. The number of carbonyl (C=O) groups excluding carboxylic acids is 4. The molecular formula is C23H24O8. The van der Waals surface area contributed by atoms with E-state index >= 15 is 0 Å². The van der Waals surface area contributed by atoms with Crippen molar-refractivity contribution in [3.63, 3.8) is 0 Å². The summed E-state index contributed by atoms with van der Waals surface area (Å²) in [4.78, 5) is 48.4. The van der Waals surface area contributed by atoms with E-state index in [4.69, 9.17) is 9.47 Å². The van der Waals surface area contributed by atoms with Gasteiger partial charge in [-0.1, -0.05) is 0 Å². The zero-order valence-corrected chi connectivity index (χ0v) is 18.2. The molecule has 0 heterocycles. The third-order valence-electron chi connectivity index (χ3n) is 4.91. The normalized spacial score (nSPS) is 10.5. The van der Waals surface area contributed by atoms with Crippen LogP contribution in [0.5, 0.6) is 23.0 Å². The Hall–Kier alpha value is -3.68. The van der Waals surface area contributed by atoms with E-state index in [9.17, 15) is 29.4 Å². The van der Waals surface area contributed by atoms with E-state index in [1.165, 1.54) is 54.0 Å². The Labute approximate surface area is 179 Å². The molecular weight excluding hydrogens is 404 g/mol. The minimum atomic E-state index is -0.509. The van der Waals surface area contributed by atoms with Crippen LogP contribution < -0.4 is 9.47 Å². The van der Waals surface area contributed by atoms with Crippen LogP contribution in [0.15, 0.2) is 12.1 Å². The molecule has 8 heteroatoms. The molecule has 2 aromatic rings. The molecule has 0 spiro atoms. The highest BCUT2D eigenvalue weighted by atomic mass is 16.5. The van der Waals surface area contributed by atoms with Crippen LogP contribution in [0.3, 0.4) is 0 Å². The molecule has 31 heavy (non-hydrogen) atoms. The van der Waals surface area contributed by atoms with Crippen LogP contribution in [0.4, 0.5) is 0 Å². The number of carbonyl (C=O) groups is 4. The third-order valence-corrected chi connectivity index (χ3v) is 4.91. The number of phenolic OH excluding ortho intramolecular Hbond substituents is 2. The minimum absolute atomic E-state index is 0.0198. The van der Waals surface area contributed by atoms with Crippen LogP contribution >= 0.6 is 0 Å². The van der Waals surface area contributed by atoms with Gasteiger partial charge in [-0.3, -0.25) is 19.2 Å². The fraction of sp³-hybridized carbons (Fsp3) is 0.304. The van der Waals surface area contributed by atoms with Gasteiger partial charge in [-0.05, 0) is 39.8 Å². The lowest BCUT2D eigenvalue weighted by molar-refractivity contribution is 0.0989. The number of hydrogen-bond donors (Lipinski definition) is 2. The number of ether oxygens (including phenoxy) is 2. The van der Waals surface area contributed by atoms with Crippen molar-refractivity contribution in [2.24, 2.45) is 0 Å². The molecule has 0 unspecified atom stereocenters. The fourth-order valence-electron chi connectivity index (χ4n) is 3.55. The Bertz CT molecular complexity index is 1020. The molecule has 2 aromatic carbocycles. The van der Waals surface area contributed by atoms with Gasteiger partial charge in [0, 0.05) is 17.5 Å². The quantitative estimate of drug-likeness (QED) is 0.612. The van der Waals surface area contributed by atoms with Gasteiger partial charge in [0.1, 0.15) is 34.1 Å². The third kappa shape index (κ3) is 4.28. The number of methoxy groups -OCH3 is 2. The first-order valence-corrected chi connectivity index (χ1v) is 9.35. The molecule has 0 saturated carbocycles. The average molecular weight is 428 g/mol. The van der Waals surface area contributed by atoms with Crippen LogP contribution in [0.25, 0.3) is 0 Å². The molecule has 0 aliphatic rings. The number of rotatable bonds is 8. The lowest BCUT2D eigenvalue weighted by Gasteiger charge is -2.19. The Kier molecular flexibility index (Phi) is 6.84. The summed E-state index contributed by atoms with van der Waals surface area (Å²) in [5.74, 6) is -2.79. The predicted octanol–water partition coefficient (Wildman–Crippen LogP) is 3.52. The molecule has 0 bridgehead atoms. The van der Waals surface area contributed by atoms with Gasteiger partial charge in [0.15, 0.2) is 23.1 Å². The molecule has 0 aliphatic carbocycles. The summed E-state index contributed by atoms with van der Waals surface area (Å²) in [6, 6.07) is 2.77. The molecule has 8 nitrogen and oxygen atoms in total. The van der Waals surface area contributed by atoms with E-state index in [-0.39, 0.29) is 40.2 Å². The summed E-state index contributed by atoms with van der Waals surface area (Å²) in [7, 11) is 2.63. The summed E-state index contributed by atoms with van der Waals surface area (Å²) in [5.41, 5.74) is 0.255. The maximum atomic E-state index is 12.2. The highest BCUT2D eigenvalue weighted by Gasteiger charge is 2.27. The monoisotopic (exact) mass is 428 g/mol. The largest absolute Gasteiger partial charge is 0.506 e. The lowest BCUT2D eigenvalue weighted by atomic mass is 9.91. The first-order valence-electron chi connectivity index (χ1n) is 9.35. The van der Waals surface area contributed by atoms with Crippen LogP contribution in [0.1, 0.15) is 80.3 Å². The Morgan fingerprint density at radius 1 is 0.677 bits per heavy atom. The summed E-state index contributed by atoms with van der Waals surface area (Å²) in [5, 5.41) is 20.9. The second-order valence-electron chi connectivity index (χ2n) is 7.08. The van der Waals surface area contributed by atoms with E-state index in [0.717, 1.165) is 0 Å². The van der Waals surface area contributed by atoms with Crippen LogP contribution in [0.2, 0.25) is 0 Å². The van der Waals surface area contributed by atoms with E-state index in [0.29, 0.717) is 11.1 Å². The lowest BCUT2D eigenvalue weighted by Crippen LogP contribution is -2.10. The summed E-state index contributed by atoms with van der Waals surface area (Å²) in [6.07, 6.45) is -0.0198. The van der Waals surface area contributed by atoms with Gasteiger partial charge in [-0.25, -0.2) is 0 Å². The van der Waals surface area contributed by atoms with Gasteiger partial charge in [0.2, 0.25) is 0 Å². The maximum Gasteiger partial charge on any atom is 0.167 e. The maximum absolute atomic E-state index is 12.2. The van der Waals surface area contributed by atoms with E-state index in [1.54, 1.807) is 0 Å². The van der Waals surface area contributed by atoms with Gasteiger partial charge in [0.25, 0.3) is 0 Å². The second-order valence-corrected chi connectivity index (χ2v) is 7.08. The van der Waals surface area contributed by atoms with Crippen molar-refractivity contribution >= 4 is 23.1 Å². The number of hydrogen-bond acceptors (Lipinski definition) is 8. The Balaban J connectivity index is 2.90. The molecule has 0 atom stereocenters. The molecule has 164 valence electrons. The number of phenols is 2. The van der Waals surface area contributed by atoms with Gasteiger partial charge in [-0.15, -0.1) is 0 Å². The Morgan fingerprint density at radius 3 is 1.23 bits per heavy atom. The molecule has 0 fully saturated rings. The average Bonchev–Trinajstić information content (AvgIpc) is 2.67. The molecule has 0 saturated heterocycles. The van der Waals surface area contributed by atoms with Gasteiger partial charge in [-0.2, -0.15) is 0 Å². The Morgan fingerprint density at radius 2 is 1.00 bits per heavy atom. The van der Waals surface area contributed by atoms with E-state index in [2.05, 4.69) is 0 Å². The molecule has 0 radical (unpaired) electrons. The van der Waals surface area contributed by atoms with Crippen molar-refractivity contribution in [2.75, 3.05) is 14.2 Å². The predicted molar refractivity (Wildman–Crippen MR) is 112 cm³/mol. The van der Waals surface area contributed by atoms with Crippen molar-refractivity contribution < 1.29 is 38.9 Å². The van der Waals surface area contributed by atoms with Crippen LogP contribution in [-0.4, -0.2) is 47.6 Å². The highest BCUT2D eigenvalue weighted by Crippen LogP contribution is 2.41. The van der Waals surface area contributed by atoms with E-state index < -0.39 is 34.6 Å². The van der Waals surface area contributed by atoms with Crippen molar-refractivity contribution in [3.05, 3.63) is 45.5 Å². The first kappa shape index (κ1) is 23.6. The van der Waals surface area contributed by atoms with Crippen LogP contribution in [0, 0.1) is 0 Å². The summed E-state index contributed by atoms with van der Waals surface area (Å²) >= 11 is 0. The van der Waals surface area contributed by atoms with Gasteiger partial charge in [0.05, 0.1) is 25.3 Å². The van der Waals surface area contributed by atoms with Crippen LogP contribution in [-0.2, 0) is 6.42 Å². The fourth-order valence-corrected chi connectivity index (χ4v) is 3.55. The standard InChI is InChI=1S/C23H24O8/c1-10(24)16-8-14(22(30-5)18(12(3)26)20(16)28)7-15-9-17(11(2)25)21(29)19(13(4)27)23(15)31-6/h8-9,28-29H,7H2,1-6H3. The number of ketones is 4. The number of benzene rings is 2. The van der Waals surface area contributed by atoms with Crippen molar-refractivity contribution in [1.29, 1.82) is 0 Å². The summed E-state index contributed by atoms with van der Waals surface area (Å²) in [6.45, 7) is 4.96. The van der Waals surface area contributed by atoms with E-state index in [1.807, 2.05) is 0 Å². The van der Waals surface area contributed by atoms with Crippen molar-refractivity contribution in [3.8, 4) is 23.0 Å². The zero-order chi connectivity index (χ0) is 23.6. The topological polar surface area (TPSA) is 127 Å². The number of aromatic hydroxyl groups is 2. The molecule has 0 aromatic heterocycles. The van der Waals surface area contributed by atoms with Gasteiger partial charge >= 0.3 is 0 Å². The first-order chi connectivity index (χ1) is 14.5. The minimum Gasteiger partial charge on any atom is -0.506 e. The molecule has 2 rings (SSSR count). The highest BCUT2D eigenvalue weighted by molar-refractivity contribution is 6.07. The second kappa shape index (κ2) is 8.99. The molecule has 0 amide bonds. The molecule has 0 aliphatic heterocycles. The van der Waals surface area contributed by atoms with Gasteiger partial charge < -0.3 is 19.7 Å². The van der Waals surface area contributed by atoms with Crippen molar-refractivity contribution in [1.82, 2.24) is 0 Å². The van der Waals surface area contributed by atoms with Crippen molar-refractivity contribution in [2.45, 2.75) is 34.1 Å². The number of Topliss-reactive ketones (excluding diaryl/α,β-unsaturated/α-hetero) is 4. The smallest absolute Gasteiger partial charge is 0.167 e.